The largest absolute Gasteiger partial charge is 0.496 e. The predicted octanol–water partition coefficient (Wildman–Crippen LogP) is 6.67. The third-order valence-electron chi connectivity index (χ3n) is 6.18. The molecular formula is C31H26N2O4. The van der Waals surface area contributed by atoms with Gasteiger partial charge in [-0.05, 0) is 6.07 Å². The Balaban J connectivity index is 1.61. The minimum absolute atomic E-state index is 0.0178. The van der Waals surface area contributed by atoms with Gasteiger partial charge >= 0.3 is 0 Å². The Bertz CT molecular complexity index is 1530. The van der Waals surface area contributed by atoms with Gasteiger partial charge in [-0.15, -0.1) is 0 Å². The number of rotatable bonds is 8. The standard InChI is InChI=1S/C31H26N2O4/c1-35-25-19-27(37-3)26(36-2)18-24(25)31-32-28(20-10-6-4-7-11-20)29(33-31)21-14-16-23(17-15-21)30(34)22-12-8-5-9-13-22/h4-19H,1-3H3,(H,32,33). The van der Waals surface area contributed by atoms with Crippen LogP contribution in [0.15, 0.2) is 97.1 Å². The molecule has 0 spiro atoms. The number of carbonyl (C=O) groups is 1. The highest BCUT2D eigenvalue weighted by Gasteiger charge is 2.20. The number of aromatic nitrogens is 2. The van der Waals surface area contributed by atoms with E-state index in [0.29, 0.717) is 34.2 Å². The predicted molar refractivity (Wildman–Crippen MR) is 144 cm³/mol. The molecule has 0 fully saturated rings. The average molecular weight is 491 g/mol. The Labute approximate surface area is 215 Å². The highest BCUT2D eigenvalue weighted by atomic mass is 16.5. The number of nitrogens with zero attached hydrogens (tertiary/aromatic N) is 1. The molecule has 0 saturated heterocycles. The van der Waals surface area contributed by atoms with Gasteiger partial charge in [-0.25, -0.2) is 4.98 Å². The number of carbonyl (C=O) groups excluding carboxylic acids is 1. The van der Waals surface area contributed by atoms with E-state index < -0.39 is 0 Å². The van der Waals surface area contributed by atoms with Gasteiger partial charge in [-0.3, -0.25) is 4.79 Å². The summed E-state index contributed by atoms with van der Waals surface area (Å²) < 4.78 is 16.6. The molecule has 184 valence electrons. The molecule has 0 amide bonds. The summed E-state index contributed by atoms with van der Waals surface area (Å²) in [4.78, 5) is 21.4. The molecule has 0 unspecified atom stereocenters. The first-order chi connectivity index (χ1) is 18.1. The van der Waals surface area contributed by atoms with Crippen molar-refractivity contribution in [2.24, 2.45) is 0 Å². The minimum atomic E-state index is -0.0178. The minimum Gasteiger partial charge on any atom is -0.496 e. The van der Waals surface area contributed by atoms with Crippen molar-refractivity contribution in [3.8, 4) is 51.2 Å². The van der Waals surface area contributed by atoms with E-state index in [0.717, 1.165) is 28.1 Å². The highest BCUT2D eigenvalue weighted by molar-refractivity contribution is 6.09. The Morgan fingerprint density at radius 1 is 0.649 bits per heavy atom. The van der Waals surface area contributed by atoms with Crippen LogP contribution in [-0.2, 0) is 0 Å². The maximum atomic E-state index is 12.9. The molecule has 5 aromatic rings. The number of imidazole rings is 1. The average Bonchev–Trinajstić information content (AvgIpc) is 3.42. The summed E-state index contributed by atoms with van der Waals surface area (Å²) in [5.41, 5.74) is 5.50. The van der Waals surface area contributed by atoms with E-state index >= 15 is 0 Å². The molecule has 0 aliphatic heterocycles. The van der Waals surface area contributed by atoms with Crippen LogP contribution in [0, 0.1) is 0 Å². The number of benzene rings is 4. The number of nitrogens with one attached hydrogen (secondary N) is 1. The fourth-order valence-corrected chi connectivity index (χ4v) is 4.27. The van der Waals surface area contributed by atoms with Crippen molar-refractivity contribution < 1.29 is 19.0 Å². The van der Waals surface area contributed by atoms with E-state index in [1.165, 1.54) is 0 Å². The second kappa shape index (κ2) is 10.4. The van der Waals surface area contributed by atoms with Crippen LogP contribution in [0.5, 0.6) is 17.2 Å². The van der Waals surface area contributed by atoms with Gasteiger partial charge in [0.05, 0.1) is 38.3 Å². The molecule has 6 heteroatoms. The summed E-state index contributed by atoms with van der Waals surface area (Å²) in [5, 5.41) is 0. The number of ether oxygens (including phenoxy) is 3. The van der Waals surface area contributed by atoms with Crippen LogP contribution < -0.4 is 14.2 Å². The van der Waals surface area contributed by atoms with Gasteiger partial charge in [0.1, 0.15) is 11.6 Å². The summed E-state index contributed by atoms with van der Waals surface area (Å²) in [6.07, 6.45) is 0. The topological polar surface area (TPSA) is 73.4 Å². The zero-order chi connectivity index (χ0) is 25.8. The fraction of sp³-hybridized carbons (Fsp3) is 0.0968. The monoisotopic (exact) mass is 490 g/mol. The molecule has 5 rings (SSSR count). The number of hydrogen-bond acceptors (Lipinski definition) is 5. The van der Waals surface area contributed by atoms with E-state index in [2.05, 4.69) is 4.98 Å². The summed E-state index contributed by atoms with van der Waals surface area (Å²) >= 11 is 0. The molecule has 0 aliphatic carbocycles. The first kappa shape index (κ1) is 23.9. The molecule has 1 N–H and O–H groups in total. The van der Waals surface area contributed by atoms with Gasteiger partial charge in [0.25, 0.3) is 0 Å². The van der Waals surface area contributed by atoms with Gasteiger partial charge < -0.3 is 19.2 Å². The van der Waals surface area contributed by atoms with Gasteiger partial charge in [0.15, 0.2) is 17.3 Å². The van der Waals surface area contributed by atoms with Crippen molar-refractivity contribution in [1.29, 1.82) is 0 Å². The molecule has 1 heterocycles. The molecule has 0 atom stereocenters. The Hall–Kier alpha value is -4.84. The molecule has 0 bridgehead atoms. The lowest BCUT2D eigenvalue weighted by molar-refractivity contribution is 0.103. The van der Waals surface area contributed by atoms with Crippen LogP contribution in [0.3, 0.4) is 0 Å². The van der Waals surface area contributed by atoms with Crippen molar-refractivity contribution in [2.45, 2.75) is 0 Å². The molecule has 0 saturated carbocycles. The SMILES string of the molecule is COc1cc(OC)c(-c2nc(-c3ccccc3)c(-c3ccc(C(=O)c4ccccc4)cc3)[nH]2)cc1OC. The third kappa shape index (κ3) is 4.69. The maximum Gasteiger partial charge on any atom is 0.193 e. The van der Waals surface area contributed by atoms with E-state index in [-0.39, 0.29) is 5.78 Å². The van der Waals surface area contributed by atoms with Crippen LogP contribution in [0.2, 0.25) is 0 Å². The molecule has 4 aromatic carbocycles. The second-order valence-electron chi connectivity index (χ2n) is 8.36. The van der Waals surface area contributed by atoms with Crippen molar-refractivity contribution in [3.63, 3.8) is 0 Å². The van der Waals surface area contributed by atoms with Crippen molar-refractivity contribution >= 4 is 5.78 Å². The third-order valence-corrected chi connectivity index (χ3v) is 6.18. The first-order valence-electron chi connectivity index (χ1n) is 11.8. The van der Waals surface area contributed by atoms with E-state index in [4.69, 9.17) is 19.2 Å². The van der Waals surface area contributed by atoms with Crippen LogP contribution in [-0.4, -0.2) is 37.1 Å². The van der Waals surface area contributed by atoms with E-state index in [1.807, 2.05) is 91.0 Å². The van der Waals surface area contributed by atoms with Crippen molar-refractivity contribution in [3.05, 3.63) is 108 Å². The Kier molecular flexibility index (Phi) is 6.72. The molecule has 0 radical (unpaired) electrons. The van der Waals surface area contributed by atoms with Gasteiger partial charge in [-0.2, -0.15) is 0 Å². The maximum absolute atomic E-state index is 12.9. The Morgan fingerprint density at radius 3 is 1.84 bits per heavy atom. The zero-order valence-corrected chi connectivity index (χ0v) is 20.8. The lowest BCUT2D eigenvalue weighted by atomic mass is 10.00. The molecular weight excluding hydrogens is 464 g/mol. The second-order valence-corrected chi connectivity index (χ2v) is 8.36. The van der Waals surface area contributed by atoms with Crippen molar-refractivity contribution in [2.75, 3.05) is 21.3 Å². The number of H-pyrrole nitrogens is 1. The molecule has 0 aliphatic rings. The first-order valence-corrected chi connectivity index (χ1v) is 11.8. The molecule has 6 nitrogen and oxygen atoms in total. The van der Waals surface area contributed by atoms with Crippen LogP contribution in [0.25, 0.3) is 33.9 Å². The quantitative estimate of drug-likeness (QED) is 0.246. The number of aromatic amines is 1. The lowest BCUT2D eigenvalue weighted by Crippen LogP contribution is -2.00. The van der Waals surface area contributed by atoms with E-state index in [9.17, 15) is 4.79 Å². The summed E-state index contributed by atoms with van der Waals surface area (Å²) in [7, 11) is 4.78. The molecule has 37 heavy (non-hydrogen) atoms. The van der Waals surface area contributed by atoms with Crippen LogP contribution >= 0.6 is 0 Å². The van der Waals surface area contributed by atoms with Crippen LogP contribution in [0.4, 0.5) is 0 Å². The van der Waals surface area contributed by atoms with Crippen molar-refractivity contribution in [1.82, 2.24) is 9.97 Å². The Morgan fingerprint density at radius 2 is 1.22 bits per heavy atom. The van der Waals surface area contributed by atoms with Gasteiger partial charge in [0, 0.05) is 28.3 Å². The smallest absolute Gasteiger partial charge is 0.193 e. The summed E-state index contributed by atoms with van der Waals surface area (Å²) in [6.45, 7) is 0. The zero-order valence-electron chi connectivity index (χ0n) is 20.8. The number of ketones is 1. The summed E-state index contributed by atoms with van der Waals surface area (Å²) in [6, 6.07) is 30.4. The normalized spacial score (nSPS) is 10.7. The summed E-state index contributed by atoms with van der Waals surface area (Å²) in [5.74, 6) is 2.34. The fourth-order valence-electron chi connectivity index (χ4n) is 4.27. The van der Waals surface area contributed by atoms with E-state index in [1.54, 1.807) is 27.4 Å². The molecule has 1 aromatic heterocycles. The number of hydrogen-bond donors (Lipinski definition) is 1. The highest BCUT2D eigenvalue weighted by Crippen LogP contribution is 2.41. The van der Waals surface area contributed by atoms with Crippen LogP contribution in [0.1, 0.15) is 15.9 Å². The van der Waals surface area contributed by atoms with Gasteiger partial charge in [-0.1, -0.05) is 84.9 Å². The number of methoxy groups -OCH3 is 3. The lowest BCUT2D eigenvalue weighted by Gasteiger charge is -2.12. The van der Waals surface area contributed by atoms with Gasteiger partial charge in [0.2, 0.25) is 0 Å².